The zero-order chi connectivity index (χ0) is 26.4. The molecule has 0 atom stereocenters. The molecule has 0 aliphatic carbocycles. The summed E-state index contributed by atoms with van der Waals surface area (Å²) in [5.41, 5.74) is 14.8. The van der Waals surface area contributed by atoms with Gasteiger partial charge in [0.25, 0.3) is 11.8 Å². The zero-order valence-corrected chi connectivity index (χ0v) is 20.6. The van der Waals surface area contributed by atoms with Gasteiger partial charge in [0.15, 0.2) is 17.1 Å². The van der Waals surface area contributed by atoms with Crippen LogP contribution in [0, 0.1) is 0 Å². The molecule has 0 spiro atoms. The van der Waals surface area contributed by atoms with E-state index in [4.69, 9.17) is 16.0 Å². The predicted octanol–water partition coefficient (Wildman–Crippen LogP) is 1.42. The molecule has 0 radical (unpaired) electrons. The van der Waals surface area contributed by atoms with Crippen LogP contribution in [0.4, 0.5) is 17.2 Å². The van der Waals surface area contributed by atoms with Gasteiger partial charge in [-0.25, -0.2) is 4.68 Å². The molecule has 0 unspecified atom stereocenters. The fourth-order valence-electron chi connectivity index (χ4n) is 4.37. The molecular formula is C25H26N8O4. The highest BCUT2D eigenvalue weighted by Gasteiger charge is 2.30. The number of nitrogens with zero attached hydrogens (tertiary/aromatic N) is 6. The van der Waals surface area contributed by atoms with E-state index >= 15 is 0 Å². The van der Waals surface area contributed by atoms with Crippen LogP contribution in [-0.2, 0) is 11.2 Å². The van der Waals surface area contributed by atoms with E-state index in [-0.39, 0.29) is 35.6 Å². The second-order valence-electron chi connectivity index (χ2n) is 9.15. The molecule has 0 saturated heterocycles. The van der Waals surface area contributed by atoms with Gasteiger partial charge < -0.3 is 30.7 Å². The molecule has 0 bridgehead atoms. The maximum Gasteiger partial charge on any atom is 0.277 e. The molecule has 12 heteroatoms. The van der Waals surface area contributed by atoms with Crippen molar-refractivity contribution in [2.24, 2.45) is 5.73 Å². The Morgan fingerprint density at radius 3 is 2.59 bits per heavy atom. The highest BCUT2D eigenvalue weighted by molar-refractivity contribution is 6.08. The summed E-state index contributed by atoms with van der Waals surface area (Å²) in [4.78, 5) is 43.4. The van der Waals surface area contributed by atoms with Gasteiger partial charge in [-0.1, -0.05) is 11.2 Å². The van der Waals surface area contributed by atoms with Crippen LogP contribution in [0.1, 0.15) is 26.5 Å². The zero-order valence-electron chi connectivity index (χ0n) is 20.6. The number of hydrogen-bond acceptors (Lipinski definition) is 8. The molecular weight excluding hydrogens is 476 g/mol. The van der Waals surface area contributed by atoms with Crippen LogP contribution in [-0.4, -0.2) is 71.8 Å². The molecule has 37 heavy (non-hydrogen) atoms. The van der Waals surface area contributed by atoms with E-state index in [9.17, 15) is 14.4 Å². The molecule has 0 fully saturated rings. The van der Waals surface area contributed by atoms with Crippen molar-refractivity contribution in [2.75, 3.05) is 49.8 Å². The number of carbonyl (C=O) groups is 3. The second kappa shape index (κ2) is 9.06. The normalized spacial score (nSPS) is 12.8. The van der Waals surface area contributed by atoms with Crippen LogP contribution in [0.25, 0.3) is 16.7 Å². The van der Waals surface area contributed by atoms with Crippen molar-refractivity contribution in [1.29, 1.82) is 0 Å². The van der Waals surface area contributed by atoms with Crippen molar-refractivity contribution in [3.63, 3.8) is 0 Å². The number of nitrogens with two attached hydrogens (primary N) is 2. The molecule has 2 aromatic heterocycles. The minimum absolute atomic E-state index is 0.0519. The molecule has 3 heterocycles. The summed E-state index contributed by atoms with van der Waals surface area (Å²) in [6.07, 6.45) is 0.650. The molecule has 2 aromatic carbocycles. The standard InChI is InChI=1S/C25H26N8O4/c1-30(2)13-22(34)31(3)15-5-4-14-8-9-32(19(14)11-15)25(36)20-12-18(24(27)35)28-33(20)16-6-7-21-17(10-16)23(26)29-37-21/h4-7,10-12H,8-9,13H2,1-3H3,(H2,26,29)(H2,27,35). The van der Waals surface area contributed by atoms with Crippen LogP contribution in [0.15, 0.2) is 47.0 Å². The first-order chi connectivity index (χ1) is 17.6. The first-order valence-corrected chi connectivity index (χ1v) is 11.5. The minimum atomic E-state index is -0.761. The summed E-state index contributed by atoms with van der Waals surface area (Å²) >= 11 is 0. The number of aromatic nitrogens is 3. The van der Waals surface area contributed by atoms with Gasteiger partial charge in [-0.05, 0) is 56.4 Å². The van der Waals surface area contributed by atoms with Gasteiger partial charge in [0.1, 0.15) is 5.69 Å². The quantitative estimate of drug-likeness (QED) is 0.401. The average molecular weight is 503 g/mol. The number of nitrogen functional groups attached to an aromatic ring is 1. The van der Waals surface area contributed by atoms with Gasteiger partial charge >= 0.3 is 0 Å². The lowest BCUT2D eigenvalue weighted by Crippen LogP contribution is -2.35. The molecule has 3 amide bonds. The molecule has 1 aliphatic heterocycles. The SMILES string of the molecule is CN(C)CC(=O)N(C)c1ccc2c(c1)N(C(=O)c1cc(C(N)=O)nn1-c1ccc3onc(N)c3c1)CC2. The number of benzene rings is 2. The summed E-state index contributed by atoms with van der Waals surface area (Å²) in [6, 6.07) is 12.0. The monoisotopic (exact) mass is 502 g/mol. The Morgan fingerprint density at radius 1 is 1.08 bits per heavy atom. The molecule has 4 aromatic rings. The Labute approximate surface area is 212 Å². The topological polar surface area (TPSA) is 157 Å². The molecule has 1 aliphatic rings. The lowest BCUT2D eigenvalue weighted by Gasteiger charge is -2.22. The van der Waals surface area contributed by atoms with E-state index in [2.05, 4.69) is 10.3 Å². The van der Waals surface area contributed by atoms with Crippen molar-refractivity contribution in [3.8, 4) is 5.69 Å². The van der Waals surface area contributed by atoms with Gasteiger partial charge in [0, 0.05) is 31.0 Å². The first-order valence-electron chi connectivity index (χ1n) is 11.5. The number of carbonyl (C=O) groups excluding carboxylic acids is 3. The van der Waals surface area contributed by atoms with Gasteiger partial charge in [-0.3, -0.25) is 14.4 Å². The summed E-state index contributed by atoms with van der Waals surface area (Å²) in [7, 11) is 5.36. The van der Waals surface area contributed by atoms with E-state index in [0.29, 0.717) is 41.0 Å². The third-order valence-corrected chi connectivity index (χ3v) is 6.33. The molecule has 5 rings (SSSR count). The Morgan fingerprint density at radius 2 is 1.86 bits per heavy atom. The number of likely N-dealkylation sites (N-methyl/N-ethyl adjacent to an activating group) is 2. The highest BCUT2D eigenvalue weighted by atomic mass is 16.5. The first kappa shape index (κ1) is 24.0. The number of anilines is 3. The lowest BCUT2D eigenvalue weighted by molar-refractivity contribution is -0.118. The maximum atomic E-state index is 13.9. The van der Waals surface area contributed by atoms with Gasteiger partial charge in [-0.2, -0.15) is 5.10 Å². The molecule has 190 valence electrons. The van der Waals surface area contributed by atoms with Crippen molar-refractivity contribution < 1.29 is 18.9 Å². The Hall–Kier alpha value is -4.71. The van der Waals surface area contributed by atoms with Gasteiger partial charge in [0.2, 0.25) is 5.91 Å². The summed E-state index contributed by atoms with van der Waals surface area (Å²) in [6.45, 7) is 0.689. The summed E-state index contributed by atoms with van der Waals surface area (Å²) in [5, 5.41) is 8.59. The Kier molecular flexibility index (Phi) is 5.88. The highest BCUT2D eigenvalue weighted by Crippen LogP contribution is 2.34. The second-order valence-corrected chi connectivity index (χ2v) is 9.15. The smallest absolute Gasteiger partial charge is 0.277 e. The van der Waals surface area contributed by atoms with Crippen LogP contribution in [0.5, 0.6) is 0 Å². The van der Waals surface area contributed by atoms with Crippen molar-refractivity contribution in [3.05, 3.63) is 59.4 Å². The van der Waals surface area contributed by atoms with E-state index in [1.54, 1.807) is 39.9 Å². The summed E-state index contributed by atoms with van der Waals surface area (Å²) in [5.74, 6) is -1.01. The molecule has 0 saturated carbocycles. The maximum absolute atomic E-state index is 13.9. The number of rotatable bonds is 6. The average Bonchev–Trinajstić information content (AvgIpc) is 3.59. The van der Waals surface area contributed by atoms with E-state index in [1.807, 2.05) is 32.3 Å². The van der Waals surface area contributed by atoms with Crippen molar-refractivity contribution in [2.45, 2.75) is 6.42 Å². The van der Waals surface area contributed by atoms with Crippen LogP contribution < -0.4 is 21.3 Å². The fraction of sp³-hybridized carbons (Fsp3) is 0.240. The van der Waals surface area contributed by atoms with Crippen molar-refractivity contribution in [1.82, 2.24) is 19.8 Å². The van der Waals surface area contributed by atoms with Gasteiger partial charge in [-0.15, -0.1) is 0 Å². The van der Waals surface area contributed by atoms with Crippen molar-refractivity contribution >= 4 is 45.9 Å². The van der Waals surface area contributed by atoms with E-state index < -0.39 is 5.91 Å². The Bertz CT molecular complexity index is 1550. The Balaban J connectivity index is 1.53. The molecule has 12 nitrogen and oxygen atoms in total. The lowest BCUT2D eigenvalue weighted by atomic mass is 10.1. The van der Waals surface area contributed by atoms with Crippen LogP contribution in [0.2, 0.25) is 0 Å². The van der Waals surface area contributed by atoms with E-state index in [1.165, 1.54) is 10.7 Å². The number of fused-ring (bicyclic) bond motifs is 2. The number of primary amides is 1. The molecule has 4 N–H and O–H groups in total. The fourth-order valence-corrected chi connectivity index (χ4v) is 4.37. The predicted molar refractivity (Wildman–Crippen MR) is 138 cm³/mol. The largest absolute Gasteiger partial charge is 0.380 e. The third-order valence-electron chi connectivity index (χ3n) is 6.33. The van der Waals surface area contributed by atoms with E-state index in [0.717, 1.165) is 5.56 Å². The minimum Gasteiger partial charge on any atom is -0.380 e. The van der Waals surface area contributed by atoms with Gasteiger partial charge in [0.05, 0.1) is 17.6 Å². The number of amides is 3. The number of hydrogen-bond donors (Lipinski definition) is 2. The summed E-state index contributed by atoms with van der Waals surface area (Å²) < 4.78 is 6.53. The third kappa shape index (κ3) is 4.27. The van der Waals surface area contributed by atoms with Crippen LogP contribution >= 0.6 is 0 Å². The van der Waals surface area contributed by atoms with Crippen LogP contribution in [0.3, 0.4) is 0 Å².